The molecular weight excluding hydrogens is 330 g/mol. The number of ether oxygens (including phenoxy) is 1. The summed E-state index contributed by atoms with van der Waals surface area (Å²) in [7, 11) is 0. The quantitative estimate of drug-likeness (QED) is 0.778. The summed E-state index contributed by atoms with van der Waals surface area (Å²) in [6.07, 6.45) is 4.85. The fourth-order valence-electron chi connectivity index (χ4n) is 3.81. The molecule has 140 valence electrons. The number of likely N-dealkylation sites (tertiary alicyclic amines) is 1. The molecule has 5 nitrogen and oxygen atoms in total. The SMILES string of the molecule is Cc1cc2occ(CC(=O)OCC(=O)N3[C@H](C)CCC[C@@H]3C)c2cc1C. The summed E-state index contributed by atoms with van der Waals surface area (Å²) in [6.45, 7) is 7.97. The number of nitrogens with zero attached hydrogens (tertiary/aromatic N) is 1. The third-order valence-corrected chi connectivity index (χ3v) is 5.44. The number of carbonyl (C=O) groups is 2. The lowest BCUT2D eigenvalue weighted by Gasteiger charge is -2.38. The van der Waals surface area contributed by atoms with E-state index in [4.69, 9.17) is 9.15 Å². The molecule has 1 aliphatic heterocycles. The van der Waals surface area contributed by atoms with E-state index in [0.29, 0.717) is 0 Å². The molecule has 1 fully saturated rings. The van der Waals surface area contributed by atoms with E-state index in [1.807, 2.05) is 30.9 Å². The minimum absolute atomic E-state index is 0.105. The maximum Gasteiger partial charge on any atom is 0.310 e. The van der Waals surface area contributed by atoms with Gasteiger partial charge in [0.2, 0.25) is 0 Å². The molecule has 0 unspecified atom stereocenters. The second-order valence-corrected chi connectivity index (χ2v) is 7.46. The van der Waals surface area contributed by atoms with Gasteiger partial charge in [0.05, 0.1) is 12.7 Å². The Morgan fingerprint density at radius 2 is 1.81 bits per heavy atom. The van der Waals surface area contributed by atoms with Gasteiger partial charge in [0.15, 0.2) is 6.61 Å². The first-order valence-electron chi connectivity index (χ1n) is 9.31. The number of esters is 1. The minimum Gasteiger partial charge on any atom is -0.464 e. The van der Waals surface area contributed by atoms with Gasteiger partial charge in [0.1, 0.15) is 5.58 Å². The zero-order chi connectivity index (χ0) is 18.8. The smallest absolute Gasteiger partial charge is 0.310 e. The zero-order valence-corrected chi connectivity index (χ0v) is 16.0. The van der Waals surface area contributed by atoms with Crippen molar-refractivity contribution in [2.45, 2.75) is 65.5 Å². The molecule has 1 aliphatic rings. The Morgan fingerprint density at radius 1 is 1.15 bits per heavy atom. The van der Waals surface area contributed by atoms with Gasteiger partial charge >= 0.3 is 5.97 Å². The Kier molecular flexibility index (Phi) is 5.35. The van der Waals surface area contributed by atoms with Crippen LogP contribution in [-0.4, -0.2) is 35.5 Å². The summed E-state index contributed by atoms with van der Waals surface area (Å²) in [5.74, 6) is -0.516. The number of hydrogen-bond donors (Lipinski definition) is 0. The first-order chi connectivity index (χ1) is 12.4. The zero-order valence-electron chi connectivity index (χ0n) is 16.0. The number of hydrogen-bond acceptors (Lipinski definition) is 4. The van der Waals surface area contributed by atoms with E-state index in [9.17, 15) is 9.59 Å². The van der Waals surface area contributed by atoms with Crippen LogP contribution < -0.4 is 0 Å². The molecule has 1 aromatic carbocycles. The first-order valence-corrected chi connectivity index (χ1v) is 9.31. The fourth-order valence-corrected chi connectivity index (χ4v) is 3.81. The minimum atomic E-state index is -0.406. The monoisotopic (exact) mass is 357 g/mol. The highest BCUT2D eigenvalue weighted by atomic mass is 16.5. The number of piperidine rings is 1. The molecule has 26 heavy (non-hydrogen) atoms. The lowest BCUT2D eigenvalue weighted by molar-refractivity contribution is -0.154. The van der Waals surface area contributed by atoms with E-state index in [0.717, 1.165) is 46.9 Å². The van der Waals surface area contributed by atoms with Gasteiger partial charge in [-0.15, -0.1) is 0 Å². The fraction of sp³-hybridized carbons (Fsp3) is 0.524. The van der Waals surface area contributed by atoms with Gasteiger partial charge in [0, 0.05) is 23.0 Å². The number of benzene rings is 1. The van der Waals surface area contributed by atoms with Crippen LogP contribution in [0, 0.1) is 13.8 Å². The van der Waals surface area contributed by atoms with Crippen molar-refractivity contribution in [3.05, 3.63) is 35.1 Å². The standard InChI is InChI=1S/C21H27NO4/c1-13-8-18-17(11-25-19(18)9-14(13)2)10-21(24)26-12-20(23)22-15(3)6-5-7-16(22)4/h8-9,11,15-16H,5-7,10,12H2,1-4H3/t15-,16+. The van der Waals surface area contributed by atoms with E-state index < -0.39 is 5.97 Å². The van der Waals surface area contributed by atoms with Gasteiger partial charge in [-0.25, -0.2) is 0 Å². The van der Waals surface area contributed by atoms with Crippen molar-refractivity contribution in [1.82, 2.24) is 4.90 Å². The van der Waals surface area contributed by atoms with Crippen LogP contribution in [0.2, 0.25) is 0 Å². The van der Waals surface area contributed by atoms with Crippen molar-refractivity contribution in [2.24, 2.45) is 0 Å². The van der Waals surface area contributed by atoms with Gasteiger partial charge in [-0.05, 0) is 70.2 Å². The highest BCUT2D eigenvalue weighted by Gasteiger charge is 2.29. The van der Waals surface area contributed by atoms with E-state index in [1.54, 1.807) is 6.26 Å². The molecule has 0 N–H and O–H groups in total. The van der Waals surface area contributed by atoms with Crippen molar-refractivity contribution in [3.8, 4) is 0 Å². The summed E-state index contributed by atoms with van der Waals surface area (Å²) in [6, 6.07) is 4.41. The van der Waals surface area contributed by atoms with E-state index >= 15 is 0 Å². The van der Waals surface area contributed by atoms with Crippen LogP contribution in [0.15, 0.2) is 22.8 Å². The molecule has 1 aromatic heterocycles. The van der Waals surface area contributed by atoms with Crippen LogP contribution in [0.4, 0.5) is 0 Å². The Bertz CT molecular complexity index is 813. The molecule has 0 saturated carbocycles. The maximum absolute atomic E-state index is 12.5. The van der Waals surface area contributed by atoms with E-state index in [1.165, 1.54) is 0 Å². The third-order valence-electron chi connectivity index (χ3n) is 5.44. The normalized spacial score (nSPS) is 20.4. The van der Waals surface area contributed by atoms with Gasteiger partial charge < -0.3 is 14.1 Å². The van der Waals surface area contributed by atoms with Crippen LogP contribution in [0.3, 0.4) is 0 Å². The second-order valence-electron chi connectivity index (χ2n) is 7.46. The number of amides is 1. The van der Waals surface area contributed by atoms with Crippen LogP contribution >= 0.6 is 0 Å². The number of rotatable bonds is 4. The molecule has 0 bridgehead atoms. The number of fused-ring (bicyclic) bond motifs is 1. The molecular formula is C21H27NO4. The Hall–Kier alpha value is -2.30. The molecule has 2 atom stereocenters. The number of aryl methyl sites for hydroxylation is 2. The molecule has 5 heteroatoms. The number of furan rings is 1. The maximum atomic E-state index is 12.5. The van der Waals surface area contributed by atoms with Crippen molar-refractivity contribution in [3.63, 3.8) is 0 Å². The highest BCUT2D eigenvalue weighted by molar-refractivity contribution is 5.88. The largest absolute Gasteiger partial charge is 0.464 e. The molecule has 0 radical (unpaired) electrons. The summed E-state index contributed by atoms with van der Waals surface area (Å²) in [5.41, 5.74) is 3.86. The van der Waals surface area contributed by atoms with Crippen LogP contribution in [0.1, 0.15) is 49.8 Å². The molecule has 0 spiro atoms. The van der Waals surface area contributed by atoms with Crippen molar-refractivity contribution >= 4 is 22.8 Å². The molecule has 1 saturated heterocycles. The van der Waals surface area contributed by atoms with Crippen LogP contribution in [-0.2, 0) is 20.7 Å². The van der Waals surface area contributed by atoms with Gasteiger partial charge in [-0.1, -0.05) is 0 Å². The number of carbonyl (C=O) groups excluding carboxylic acids is 2. The summed E-state index contributed by atoms with van der Waals surface area (Å²) >= 11 is 0. The van der Waals surface area contributed by atoms with Crippen molar-refractivity contribution < 1.29 is 18.7 Å². The molecule has 2 heterocycles. The van der Waals surface area contributed by atoms with Gasteiger partial charge in [-0.2, -0.15) is 0 Å². The Labute approximate surface area is 154 Å². The lowest BCUT2D eigenvalue weighted by atomic mass is 9.97. The Balaban J connectivity index is 1.61. The predicted octanol–water partition coefficient (Wildman–Crippen LogP) is 3.92. The highest BCUT2D eigenvalue weighted by Crippen LogP contribution is 2.26. The molecule has 1 amide bonds. The molecule has 2 aromatic rings. The second kappa shape index (κ2) is 7.52. The summed E-state index contributed by atoms with van der Waals surface area (Å²) in [5, 5.41) is 0.926. The van der Waals surface area contributed by atoms with Crippen LogP contribution in [0.25, 0.3) is 11.0 Å². The predicted molar refractivity (Wildman–Crippen MR) is 100.0 cm³/mol. The van der Waals surface area contributed by atoms with Crippen LogP contribution in [0.5, 0.6) is 0 Å². The molecule has 0 aliphatic carbocycles. The first kappa shape index (κ1) is 18.5. The molecule has 3 rings (SSSR count). The summed E-state index contributed by atoms with van der Waals surface area (Å²) in [4.78, 5) is 26.5. The average Bonchev–Trinajstić information content (AvgIpc) is 2.95. The van der Waals surface area contributed by atoms with E-state index in [-0.39, 0.29) is 31.0 Å². The topological polar surface area (TPSA) is 59.8 Å². The van der Waals surface area contributed by atoms with Gasteiger partial charge in [0.25, 0.3) is 5.91 Å². The average molecular weight is 357 g/mol. The Morgan fingerprint density at radius 3 is 2.50 bits per heavy atom. The van der Waals surface area contributed by atoms with Crippen molar-refractivity contribution in [1.29, 1.82) is 0 Å². The van der Waals surface area contributed by atoms with E-state index in [2.05, 4.69) is 13.8 Å². The summed E-state index contributed by atoms with van der Waals surface area (Å²) < 4.78 is 10.8. The van der Waals surface area contributed by atoms with Crippen molar-refractivity contribution in [2.75, 3.05) is 6.61 Å². The van der Waals surface area contributed by atoms with Gasteiger partial charge in [-0.3, -0.25) is 9.59 Å². The third kappa shape index (κ3) is 3.76. The lowest BCUT2D eigenvalue weighted by Crippen LogP contribution is -2.49.